The first-order valence-electron chi connectivity index (χ1n) is 6.66. The van der Waals surface area contributed by atoms with E-state index in [-0.39, 0.29) is 10.8 Å². The molecule has 0 radical (unpaired) electrons. The fourth-order valence-electron chi connectivity index (χ4n) is 1.62. The van der Waals surface area contributed by atoms with Crippen molar-refractivity contribution in [3.8, 4) is 0 Å². The first kappa shape index (κ1) is 18.1. The summed E-state index contributed by atoms with van der Waals surface area (Å²) < 4.78 is 25.9. The van der Waals surface area contributed by atoms with Gasteiger partial charge >= 0.3 is 0 Å². The van der Waals surface area contributed by atoms with Crippen LogP contribution < -0.4 is 5.32 Å². The van der Waals surface area contributed by atoms with E-state index in [9.17, 15) is 13.2 Å². The Morgan fingerprint density at radius 2 is 1.95 bits per heavy atom. The number of carbonyl (C=O) groups is 1. The summed E-state index contributed by atoms with van der Waals surface area (Å²) in [7, 11) is -0.680. The normalized spacial score (nSPS) is 12.0. The average Bonchev–Trinajstić information content (AvgIpc) is 2.38. The molecule has 21 heavy (non-hydrogen) atoms. The number of sulfonamides is 1. The van der Waals surface area contributed by atoms with E-state index in [1.165, 1.54) is 20.2 Å². The molecule has 0 heterocycles. The van der Waals surface area contributed by atoms with Crippen LogP contribution in [0.2, 0.25) is 0 Å². The molecule has 0 saturated heterocycles. The minimum atomic E-state index is -3.59. The number of benzene rings is 1. The van der Waals surface area contributed by atoms with Gasteiger partial charge in [0.2, 0.25) is 10.0 Å². The fourth-order valence-corrected chi connectivity index (χ4v) is 3.46. The van der Waals surface area contributed by atoms with Crippen molar-refractivity contribution in [3.63, 3.8) is 0 Å². The van der Waals surface area contributed by atoms with Crippen molar-refractivity contribution in [2.24, 2.45) is 5.92 Å². The highest BCUT2D eigenvalue weighted by Crippen LogP contribution is 2.25. The number of amides is 1. The van der Waals surface area contributed by atoms with Gasteiger partial charge in [0.15, 0.2) is 0 Å². The zero-order valence-electron chi connectivity index (χ0n) is 12.7. The van der Waals surface area contributed by atoms with Gasteiger partial charge in [-0.15, -0.1) is 0 Å². The van der Waals surface area contributed by atoms with Gasteiger partial charge in [-0.05, 0) is 46.5 Å². The molecule has 1 N–H and O–H groups in total. The standard InChI is InChI=1S/C14H21BrN2O3S/c1-10(2)7-8-16-14(18)11-5-6-12(15)13(9-11)21(19,20)17(3)4/h5-6,9-10H,7-8H2,1-4H3,(H,16,18). The second kappa shape index (κ2) is 7.38. The zero-order chi connectivity index (χ0) is 16.2. The molecule has 7 heteroatoms. The summed E-state index contributed by atoms with van der Waals surface area (Å²) in [4.78, 5) is 12.1. The van der Waals surface area contributed by atoms with Crippen LogP contribution in [0.1, 0.15) is 30.6 Å². The monoisotopic (exact) mass is 376 g/mol. The van der Waals surface area contributed by atoms with Crippen LogP contribution >= 0.6 is 15.9 Å². The molecule has 0 bridgehead atoms. The Kier molecular flexibility index (Phi) is 6.37. The molecule has 0 aliphatic carbocycles. The maximum absolute atomic E-state index is 12.2. The topological polar surface area (TPSA) is 66.5 Å². The van der Waals surface area contributed by atoms with Crippen LogP contribution in [0, 0.1) is 5.92 Å². The third-order valence-corrected chi connectivity index (χ3v) is 5.77. The number of rotatable bonds is 6. The van der Waals surface area contributed by atoms with Gasteiger partial charge in [-0.25, -0.2) is 12.7 Å². The maximum atomic E-state index is 12.2. The van der Waals surface area contributed by atoms with Crippen LogP contribution in [0.5, 0.6) is 0 Å². The fraction of sp³-hybridized carbons (Fsp3) is 0.500. The molecule has 0 saturated carbocycles. The van der Waals surface area contributed by atoms with Crippen LogP contribution in [0.4, 0.5) is 0 Å². The van der Waals surface area contributed by atoms with E-state index >= 15 is 0 Å². The lowest BCUT2D eigenvalue weighted by molar-refractivity contribution is 0.0952. The lowest BCUT2D eigenvalue weighted by Gasteiger charge is -2.14. The van der Waals surface area contributed by atoms with E-state index in [0.29, 0.717) is 22.5 Å². The number of carbonyl (C=O) groups excluding carboxylic acids is 1. The van der Waals surface area contributed by atoms with Crippen molar-refractivity contribution in [3.05, 3.63) is 28.2 Å². The van der Waals surface area contributed by atoms with E-state index in [4.69, 9.17) is 0 Å². The van der Waals surface area contributed by atoms with E-state index in [1.54, 1.807) is 12.1 Å². The lowest BCUT2D eigenvalue weighted by atomic mass is 10.1. The number of halogens is 1. The second-order valence-corrected chi connectivity index (χ2v) is 8.35. The maximum Gasteiger partial charge on any atom is 0.251 e. The summed E-state index contributed by atoms with van der Waals surface area (Å²) >= 11 is 3.22. The molecule has 1 amide bonds. The molecule has 0 spiro atoms. The Balaban J connectivity index is 3.00. The Morgan fingerprint density at radius 1 is 1.33 bits per heavy atom. The van der Waals surface area contributed by atoms with E-state index in [1.807, 2.05) is 0 Å². The molecule has 0 atom stereocenters. The Labute approximate surface area is 134 Å². The predicted octanol–water partition coefficient (Wildman–Crippen LogP) is 2.48. The summed E-state index contributed by atoms with van der Waals surface area (Å²) in [5.41, 5.74) is 0.336. The summed E-state index contributed by atoms with van der Waals surface area (Å²) in [6, 6.07) is 4.57. The van der Waals surface area contributed by atoms with Gasteiger partial charge in [0.05, 0.1) is 4.90 Å². The number of nitrogens with one attached hydrogen (secondary N) is 1. The molecule has 1 aromatic rings. The highest BCUT2D eigenvalue weighted by atomic mass is 79.9. The van der Waals surface area contributed by atoms with Crippen LogP contribution in [0.25, 0.3) is 0 Å². The minimum absolute atomic E-state index is 0.0870. The molecule has 0 fully saturated rings. The SMILES string of the molecule is CC(C)CCNC(=O)c1ccc(Br)c(S(=O)(=O)N(C)C)c1. The van der Waals surface area contributed by atoms with Crippen molar-refractivity contribution in [2.75, 3.05) is 20.6 Å². The average molecular weight is 377 g/mol. The van der Waals surface area contributed by atoms with Gasteiger partial charge in [0.1, 0.15) is 0 Å². The van der Waals surface area contributed by atoms with Crippen LogP contribution in [-0.2, 0) is 10.0 Å². The molecular weight excluding hydrogens is 356 g/mol. The largest absolute Gasteiger partial charge is 0.352 e. The number of hydrogen-bond acceptors (Lipinski definition) is 3. The van der Waals surface area contributed by atoms with Crippen molar-refractivity contribution >= 4 is 31.9 Å². The van der Waals surface area contributed by atoms with E-state index in [0.717, 1.165) is 10.7 Å². The highest BCUT2D eigenvalue weighted by molar-refractivity contribution is 9.10. The Bertz CT molecular complexity index is 613. The second-order valence-electron chi connectivity index (χ2n) is 5.37. The van der Waals surface area contributed by atoms with Gasteiger partial charge in [0.25, 0.3) is 5.91 Å². The molecule has 0 aliphatic rings. The zero-order valence-corrected chi connectivity index (χ0v) is 15.1. The smallest absolute Gasteiger partial charge is 0.251 e. The first-order valence-corrected chi connectivity index (χ1v) is 8.90. The van der Waals surface area contributed by atoms with Gasteiger partial charge in [0, 0.05) is 30.7 Å². The molecule has 0 unspecified atom stereocenters. The Morgan fingerprint density at radius 3 is 2.48 bits per heavy atom. The van der Waals surface area contributed by atoms with Crippen molar-refractivity contribution in [1.82, 2.24) is 9.62 Å². The summed E-state index contributed by atoms with van der Waals surface area (Å²) in [5.74, 6) is 0.234. The summed E-state index contributed by atoms with van der Waals surface area (Å²) in [5, 5.41) is 2.79. The van der Waals surface area contributed by atoms with Gasteiger partial charge in [-0.2, -0.15) is 0 Å². The predicted molar refractivity (Wildman–Crippen MR) is 86.8 cm³/mol. The molecular formula is C14H21BrN2O3S. The third-order valence-electron chi connectivity index (χ3n) is 2.96. The van der Waals surface area contributed by atoms with Crippen molar-refractivity contribution < 1.29 is 13.2 Å². The van der Waals surface area contributed by atoms with Crippen LogP contribution in [0.15, 0.2) is 27.6 Å². The van der Waals surface area contributed by atoms with Crippen molar-refractivity contribution in [2.45, 2.75) is 25.2 Å². The molecule has 118 valence electrons. The Hall–Kier alpha value is -0.920. The first-order chi connectivity index (χ1) is 9.66. The molecule has 0 aromatic heterocycles. The van der Waals surface area contributed by atoms with Crippen molar-refractivity contribution in [1.29, 1.82) is 0 Å². The minimum Gasteiger partial charge on any atom is -0.352 e. The third kappa shape index (κ3) is 4.79. The molecule has 5 nitrogen and oxygen atoms in total. The number of hydrogen-bond donors (Lipinski definition) is 1. The molecule has 1 aromatic carbocycles. The van der Waals surface area contributed by atoms with Crippen LogP contribution in [-0.4, -0.2) is 39.3 Å². The molecule has 1 rings (SSSR count). The van der Waals surface area contributed by atoms with Gasteiger partial charge < -0.3 is 5.32 Å². The quantitative estimate of drug-likeness (QED) is 0.828. The summed E-state index contributed by atoms with van der Waals surface area (Å²) in [6.45, 7) is 4.73. The lowest BCUT2D eigenvalue weighted by Crippen LogP contribution is -2.26. The van der Waals surface area contributed by atoms with Gasteiger partial charge in [-0.3, -0.25) is 4.79 Å². The van der Waals surface area contributed by atoms with E-state index < -0.39 is 10.0 Å². The van der Waals surface area contributed by atoms with Gasteiger partial charge in [-0.1, -0.05) is 13.8 Å². The number of nitrogens with zero attached hydrogens (tertiary/aromatic N) is 1. The van der Waals surface area contributed by atoms with E-state index in [2.05, 4.69) is 35.1 Å². The summed E-state index contributed by atoms with van der Waals surface area (Å²) in [6.07, 6.45) is 0.880. The van der Waals surface area contributed by atoms with Crippen LogP contribution in [0.3, 0.4) is 0 Å². The molecule has 0 aliphatic heterocycles. The highest BCUT2D eigenvalue weighted by Gasteiger charge is 2.22.